The zero-order valence-electron chi connectivity index (χ0n) is 17.0. The number of hydrogen-bond acceptors (Lipinski definition) is 4. The summed E-state index contributed by atoms with van der Waals surface area (Å²) in [6.07, 6.45) is 0.223. The van der Waals surface area contributed by atoms with Gasteiger partial charge in [0, 0.05) is 39.5 Å². The van der Waals surface area contributed by atoms with Gasteiger partial charge in [0.2, 0.25) is 15.9 Å². The van der Waals surface area contributed by atoms with Gasteiger partial charge in [-0.05, 0) is 37.3 Å². The molecule has 158 valence electrons. The maximum Gasteiger partial charge on any atom is 0.242 e. The van der Waals surface area contributed by atoms with Crippen LogP contribution in [0.15, 0.2) is 47.4 Å². The van der Waals surface area contributed by atoms with Crippen molar-refractivity contribution in [1.29, 1.82) is 0 Å². The predicted octanol–water partition coefficient (Wildman–Crippen LogP) is 2.97. The summed E-state index contributed by atoms with van der Waals surface area (Å²) in [6, 6.07) is 11.1. The van der Waals surface area contributed by atoms with Crippen molar-refractivity contribution in [3.05, 3.63) is 54.1 Å². The Morgan fingerprint density at radius 2 is 1.93 bits per heavy atom. The van der Waals surface area contributed by atoms with E-state index in [1.807, 2.05) is 11.5 Å². The van der Waals surface area contributed by atoms with Gasteiger partial charge in [-0.25, -0.2) is 22.1 Å². The molecule has 1 aliphatic heterocycles. The van der Waals surface area contributed by atoms with Gasteiger partial charge in [0.15, 0.2) is 0 Å². The summed E-state index contributed by atoms with van der Waals surface area (Å²) in [4.78, 5) is 18.9. The monoisotopic (exact) mass is 430 g/mol. The zero-order chi connectivity index (χ0) is 21.6. The summed E-state index contributed by atoms with van der Waals surface area (Å²) in [5.41, 5.74) is 1.64. The van der Waals surface area contributed by atoms with Gasteiger partial charge >= 0.3 is 0 Å². The summed E-state index contributed by atoms with van der Waals surface area (Å²) in [6.45, 7) is 2.92. The Labute approximate surface area is 174 Å². The average molecular weight is 431 g/mol. The van der Waals surface area contributed by atoms with Gasteiger partial charge in [0.25, 0.3) is 0 Å². The van der Waals surface area contributed by atoms with Gasteiger partial charge in [-0.1, -0.05) is 12.1 Å². The van der Waals surface area contributed by atoms with Crippen molar-refractivity contribution in [3.63, 3.8) is 0 Å². The van der Waals surface area contributed by atoms with Crippen LogP contribution < -0.4 is 4.90 Å². The van der Waals surface area contributed by atoms with Crippen molar-refractivity contribution >= 4 is 32.7 Å². The molecule has 9 heteroatoms. The van der Waals surface area contributed by atoms with Crippen LogP contribution in [0, 0.1) is 5.82 Å². The number of benzene rings is 2. The van der Waals surface area contributed by atoms with Gasteiger partial charge in [-0.2, -0.15) is 0 Å². The molecule has 1 aromatic heterocycles. The minimum atomic E-state index is -3.58. The van der Waals surface area contributed by atoms with Gasteiger partial charge < -0.3 is 9.47 Å². The fourth-order valence-corrected chi connectivity index (χ4v) is 4.85. The van der Waals surface area contributed by atoms with Crippen LogP contribution in [-0.2, 0) is 21.4 Å². The minimum absolute atomic E-state index is 0.157. The highest BCUT2D eigenvalue weighted by Gasteiger charge is 2.35. The second-order valence-electron chi connectivity index (χ2n) is 7.51. The van der Waals surface area contributed by atoms with E-state index >= 15 is 0 Å². The van der Waals surface area contributed by atoms with Crippen LogP contribution in [0.1, 0.15) is 25.1 Å². The molecule has 0 N–H and O–H groups in total. The highest BCUT2D eigenvalue weighted by Crippen LogP contribution is 2.34. The predicted molar refractivity (Wildman–Crippen MR) is 112 cm³/mol. The highest BCUT2D eigenvalue weighted by atomic mass is 32.2. The highest BCUT2D eigenvalue weighted by molar-refractivity contribution is 7.89. The molecule has 0 unspecified atom stereocenters. The van der Waals surface area contributed by atoms with Crippen molar-refractivity contribution in [2.24, 2.45) is 0 Å². The number of aryl methyl sites for hydroxylation is 1. The number of aromatic nitrogens is 2. The molecule has 1 fully saturated rings. The first-order valence-corrected chi connectivity index (χ1v) is 11.2. The number of imidazole rings is 1. The summed E-state index contributed by atoms with van der Waals surface area (Å²) < 4.78 is 42.3. The third-order valence-electron chi connectivity index (χ3n) is 5.48. The lowest BCUT2D eigenvalue weighted by atomic mass is 10.1. The molecule has 30 heavy (non-hydrogen) atoms. The average Bonchev–Trinajstić information content (AvgIpc) is 3.27. The lowest BCUT2D eigenvalue weighted by Gasteiger charge is -2.17. The van der Waals surface area contributed by atoms with E-state index in [9.17, 15) is 17.6 Å². The van der Waals surface area contributed by atoms with E-state index in [-0.39, 0.29) is 28.8 Å². The number of fused-ring (bicyclic) bond motifs is 1. The standard InChI is InChI=1S/C21H23FN4O3S/c1-4-25-19-10-9-15(30(28,29)24(2)3)12-17(19)23-21(25)14-11-20(27)26(13-14)18-8-6-5-7-16(18)22/h5-10,12,14H,4,11,13H2,1-3H3/t14-/m1/s1. The zero-order valence-corrected chi connectivity index (χ0v) is 17.9. The summed E-state index contributed by atoms with van der Waals surface area (Å²) in [5, 5.41) is 0. The SMILES string of the molecule is CCn1c([C@@H]2CC(=O)N(c3ccccc3F)C2)nc2cc(S(=O)(=O)N(C)C)ccc21. The molecule has 2 heterocycles. The lowest BCUT2D eigenvalue weighted by molar-refractivity contribution is -0.117. The molecular weight excluding hydrogens is 407 g/mol. The van der Waals surface area contributed by atoms with Gasteiger partial charge in [0.1, 0.15) is 11.6 Å². The summed E-state index contributed by atoms with van der Waals surface area (Å²) >= 11 is 0. The normalized spacial score (nSPS) is 17.4. The van der Waals surface area contributed by atoms with Crippen LogP contribution in [0.2, 0.25) is 0 Å². The maximum atomic E-state index is 14.2. The first-order chi connectivity index (χ1) is 14.2. The number of hydrogen-bond donors (Lipinski definition) is 0. The Hall–Kier alpha value is -2.78. The third kappa shape index (κ3) is 3.27. The smallest absolute Gasteiger partial charge is 0.242 e. The van der Waals surface area contributed by atoms with Crippen LogP contribution in [0.4, 0.5) is 10.1 Å². The van der Waals surface area contributed by atoms with E-state index in [0.29, 0.717) is 24.4 Å². The third-order valence-corrected chi connectivity index (χ3v) is 7.29. The number of carbonyl (C=O) groups excluding carboxylic acids is 1. The molecule has 0 bridgehead atoms. The largest absolute Gasteiger partial charge is 0.328 e. The molecule has 0 radical (unpaired) electrons. The first kappa shape index (κ1) is 20.5. The second-order valence-corrected chi connectivity index (χ2v) is 9.66. The van der Waals surface area contributed by atoms with E-state index in [1.165, 1.54) is 25.1 Å². The molecule has 2 aromatic carbocycles. The minimum Gasteiger partial charge on any atom is -0.328 e. The molecule has 0 spiro atoms. The Balaban J connectivity index is 1.74. The van der Waals surface area contributed by atoms with E-state index in [0.717, 1.165) is 9.82 Å². The van der Waals surface area contributed by atoms with Crippen molar-refractivity contribution in [2.75, 3.05) is 25.5 Å². The molecule has 0 aliphatic carbocycles. The van der Waals surface area contributed by atoms with Crippen molar-refractivity contribution in [2.45, 2.75) is 30.7 Å². The quantitative estimate of drug-likeness (QED) is 0.624. The van der Waals surface area contributed by atoms with Crippen LogP contribution >= 0.6 is 0 Å². The van der Waals surface area contributed by atoms with Crippen molar-refractivity contribution in [1.82, 2.24) is 13.9 Å². The summed E-state index contributed by atoms with van der Waals surface area (Å²) in [7, 11) is -0.610. The van der Waals surface area contributed by atoms with Gasteiger partial charge in [-0.15, -0.1) is 0 Å². The molecule has 1 amide bonds. The number of rotatable bonds is 5. The number of anilines is 1. The number of halogens is 1. The molecule has 0 saturated carbocycles. The number of carbonyl (C=O) groups is 1. The second kappa shape index (κ2) is 7.48. The Bertz CT molecular complexity index is 1240. The molecular formula is C21H23FN4O3S. The Morgan fingerprint density at radius 1 is 1.20 bits per heavy atom. The molecule has 3 aromatic rings. The number of sulfonamides is 1. The maximum absolute atomic E-state index is 14.2. The number of amides is 1. The Morgan fingerprint density at radius 3 is 2.60 bits per heavy atom. The van der Waals surface area contributed by atoms with E-state index in [2.05, 4.69) is 0 Å². The lowest BCUT2D eigenvalue weighted by Crippen LogP contribution is -2.25. The molecule has 1 atom stereocenters. The van der Waals surface area contributed by atoms with Crippen molar-refractivity contribution in [3.8, 4) is 0 Å². The van der Waals surface area contributed by atoms with Crippen molar-refractivity contribution < 1.29 is 17.6 Å². The van der Waals surface area contributed by atoms with Crippen LogP contribution in [0.3, 0.4) is 0 Å². The topological polar surface area (TPSA) is 75.5 Å². The fraction of sp³-hybridized carbons (Fsp3) is 0.333. The molecule has 1 aliphatic rings. The van der Waals surface area contributed by atoms with Crippen LogP contribution in [0.25, 0.3) is 11.0 Å². The fourth-order valence-electron chi connectivity index (χ4n) is 3.93. The number of para-hydroxylation sites is 1. The first-order valence-electron chi connectivity index (χ1n) is 9.71. The summed E-state index contributed by atoms with van der Waals surface area (Å²) in [5.74, 6) is -0.0952. The Kier molecular flexibility index (Phi) is 5.11. The molecule has 7 nitrogen and oxygen atoms in total. The van der Waals surface area contributed by atoms with E-state index in [1.54, 1.807) is 36.4 Å². The van der Waals surface area contributed by atoms with Gasteiger partial charge in [-0.3, -0.25) is 4.79 Å². The van der Waals surface area contributed by atoms with E-state index < -0.39 is 15.8 Å². The molecule has 1 saturated heterocycles. The van der Waals surface area contributed by atoms with Gasteiger partial charge in [0.05, 0.1) is 21.6 Å². The molecule has 4 rings (SSSR count). The number of nitrogens with zero attached hydrogens (tertiary/aromatic N) is 4. The van der Waals surface area contributed by atoms with Crippen LogP contribution in [0.5, 0.6) is 0 Å². The van der Waals surface area contributed by atoms with Crippen LogP contribution in [-0.4, -0.2) is 48.8 Å². The van der Waals surface area contributed by atoms with E-state index in [4.69, 9.17) is 4.98 Å².